The van der Waals surface area contributed by atoms with Gasteiger partial charge in [-0.05, 0) is 19.4 Å². The van der Waals surface area contributed by atoms with Gasteiger partial charge in [-0.15, -0.1) is 0 Å². The molecule has 1 aromatic rings. The minimum absolute atomic E-state index is 0.0580. The predicted molar refractivity (Wildman–Crippen MR) is 87.4 cm³/mol. The number of allylic oxidation sites excluding steroid dienone is 1. The fourth-order valence-corrected chi connectivity index (χ4v) is 2.58. The first-order valence-corrected chi connectivity index (χ1v) is 7.39. The summed E-state index contributed by atoms with van der Waals surface area (Å²) in [5, 5.41) is 15.9. The summed E-state index contributed by atoms with van der Waals surface area (Å²) in [6.07, 6.45) is -0.221. The fraction of sp³-hybridized carbons (Fsp3) is 0.312. The highest BCUT2D eigenvalue weighted by Gasteiger charge is 2.36. The summed E-state index contributed by atoms with van der Waals surface area (Å²) < 4.78 is 4.68. The molecule has 0 aliphatic carbocycles. The molecule has 2 amide bonds. The first-order chi connectivity index (χ1) is 11.7. The topological polar surface area (TPSA) is 128 Å². The van der Waals surface area contributed by atoms with Crippen LogP contribution in [0, 0.1) is 23.0 Å². The van der Waals surface area contributed by atoms with Gasteiger partial charge in [0.15, 0.2) is 0 Å². The molecule has 2 rings (SSSR count). The van der Waals surface area contributed by atoms with E-state index >= 15 is 0 Å². The highest BCUT2D eigenvalue weighted by atomic mass is 16.6. The molecule has 9 heteroatoms. The third-order valence-corrected chi connectivity index (χ3v) is 3.88. The van der Waals surface area contributed by atoms with E-state index in [2.05, 4.69) is 15.4 Å². The SMILES string of the molecule is COC(=O)C1=C(C)NC(=O)C[C@@H]1C(=O)Nc1cc([N+](=O)[O-])ccc1C. The van der Waals surface area contributed by atoms with Crippen LogP contribution < -0.4 is 10.6 Å². The van der Waals surface area contributed by atoms with Crippen LogP contribution in [0.3, 0.4) is 0 Å². The number of methoxy groups -OCH3 is 1. The molecule has 132 valence electrons. The van der Waals surface area contributed by atoms with Crippen molar-refractivity contribution in [1.29, 1.82) is 0 Å². The zero-order valence-electron chi connectivity index (χ0n) is 13.9. The highest BCUT2D eigenvalue weighted by molar-refractivity contribution is 6.06. The number of anilines is 1. The maximum absolute atomic E-state index is 12.6. The lowest BCUT2D eigenvalue weighted by molar-refractivity contribution is -0.384. The average Bonchev–Trinajstić information content (AvgIpc) is 2.55. The predicted octanol–water partition coefficient (Wildman–Crippen LogP) is 1.42. The van der Waals surface area contributed by atoms with Crippen molar-refractivity contribution in [2.24, 2.45) is 5.92 Å². The number of amides is 2. The second kappa shape index (κ2) is 7.12. The van der Waals surface area contributed by atoms with E-state index in [0.717, 1.165) is 0 Å². The van der Waals surface area contributed by atoms with Crippen molar-refractivity contribution in [2.45, 2.75) is 20.3 Å². The number of carbonyl (C=O) groups excluding carboxylic acids is 3. The molecule has 1 aromatic carbocycles. The van der Waals surface area contributed by atoms with Gasteiger partial charge >= 0.3 is 5.97 Å². The highest BCUT2D eigenvalue weighted by Crippen LogP contribution is 2.27. The lowest BCUT2D eigenvalue weighted by Gasteiger charge is -2.25. The first-order valence-electron chi connectivity index (χ1n) is 7.39. The number of nitrogens with zero attached hydrogens (tertiary/aromatic N) is 1. The molecule has 1 aliphatic rings. The fourth-order valence-electron chi connectivity index (χ4n) is 2.58. The quantitative estimate of drug-likeness (QED) is 0.482. The van der Waals surface area contributed by atoms with E-state index in [4.69, 9.17) is 0 Å². The van der Waals surface area contributed by atoms with Gasteiger partial charge in [-0.3, -0.25) is 19.7 Å². The minimum atomic E-state index is -1.04. The van der Waals surface area contributed by atoms with E-state index in [1.807, 2.05) is 0 Å². The number of rotatable bonds is 4. The van der Waals surface area contributed by atoms with Crippen LogP contribution in [0.25, 0.3) is 0 Å². The Labute approximate surface area is 143 Å². The van der Waals surface area contributed by atoms with Crippen molar-refractivity contribution in [3.05, 3.63) is 45.1 Å². The molecule has 25 heavy (non-hydrogen) atoms. The third-order valence-electron chi connectivity index (χ3n) is 3.88. The lowest BCUT2D eigenvalue weighted by Crippen LogP contribution is -2.40. The maximum atomic E-state index is 12.6. The zero-order valence-corrected chi connectivity index (χ0v) is 13.9. The minimum Gasteiger partial charge on any atom is -0.466 e. The van der Waals surface area contributed by atoms with Crippen molar-refractivity contribution in [1.82, 2.24) is 5.32 Å². The Morgan fingerprint density at radius 1 is 1.36 bits per heavy atom. The Bertz CT molecular complexity index is 799. The number of nitro groups is 1. The van der Waals surface area contributed by atoms with Crippen LogP contribution >= 0.6 is 0 Å². The van der Waals surface area contributed by atoms with Crippen LogP contribution in [-0.4, -0.2) is 29.8 Å². The summed E-state index contributed by atoms with van der Waals surface area (Å²) >= 11 is 0. The van der Waals surface area contributed by atoms with Crippen molar-refractivity contribution >= 4 is 29.2 Å². The van der Waals surface area contributed by atoms with Gasteiger partial charge in [0.1, 0.15) is 0 Å². The van der Waals surface area contributed by atoms with Crippen molar-refractivity contribution < 1.29 is 24.0 Å². The van der Waals surface area contributed by atoms with Crippen LogP contribution in [-0.2, 0) is 19.1 Å². The van der Waals surface area contributed by atoms with Crippen LogP contribution in [0.5, 0.6) is 0 Å². The number of aryl methyl sites for hydroxylation is 1. The van der Waals surface area contributed by atoms with E-state index in [1.54, 1.807) is 6.92 Å². The number of nitro benzene ring substituents is 1. The Balaban J connectivity index is 2.34. The number of benzene rings is 1. The molecular weight excluding hydrogens is 330 g/mol. The van der Waals surface area contributed by atoms with Crippen molar-refractivity contribution in [3.8, 4) is 0 Å². The standard InChI is InChI=1S/C16H17N3O6/c1-8-4-5-10(19(23)24)6-12(8)18-15(21)11-7-13(20)17-9(2)14(11)16(22)25-3/h4-6,11H,7H2,1-3H3,(H,17,20)(H,18,21)/t11-/m0/s1. The summed E-state index contributed by atoms with van der Waals surface area (Å²) in [4.78, 5) is 46.6. The summed E-state index contributed by atoms with van der Waals surface area (Å²) in [6, 6.07) is 4.05. The molecule has 0 fully saturated rings. The van der Waals surface area contributed by atoms with Crippen molar-refractivity contribution in [2.75, 3.05) is 12.4 Å². The summed E-state index contributed by atoms with van der Waals surface area (Å²) in [6.45, 7) is 3.18. The first kappa shape index (κ1) is 18.1. The largest absolute Gasteiger partial charge is 0.466 e. The van der Waals surface area contributed by atoms with Gasteiger partial charge in [-0.25, -0.2) is 4.79 Å². The van der Waals surface area contributed by atoms with E-state index in [9.17, 15) is 24.5 Å². The molecule has 1 heterocycles. The molecular formula is C16H17N3O6. The van der Waals surface area contributed by atoms with E-state index in [1.165, 1.54) is 32.2 Å². The molecule has 0 saturated heterocycles. The van der Waals surface area contributed by atoms with Gasteiger partial charge in [0, 0.05) is 24.3 Å². The Hall–Kier alpha value is -3.23. The molecule has 0 unspecified atom stereocenters. The van der Waals surface area contributed by atoms with Crippen LogP contribution in [0.4, 0.5) is 11.4 Å². The monoisotopic (exact) mass is 347 g/mol. The summed E-state index contributed by atoms with van der Waals surface area (Å²) in [7, 11) is 1.18. The average molecular weight is 347 g/mol. The second-order valence-corrected chi connectivity index (χ2v) is 5.58. The molecule has 2 N–H and O–H groups in total. The summed E-state index contributed by atoms with van der Waals surface area (Å²) in [5.41, 5.74) is 0.982. The number of ether oxygens (including phenoxy) is 1. The molecule has 1 atom stereocenters. The van der Waals surface area contributed by atoms with E-state index < -0.39 is 28.6 Å². The summed E-state index contributed by atoms with van der Waals surface area (Å²) in [5.74, 6) is -2.77. The second-order valence-electron chi connectivity index (χ2n) is 5.58. The number of esters is 1. The molecule has 0 saturated carbocycles. The van der Waals surface area contributed by atoms with Crippen LogP contribution in [0.1, 0.15) is 18.9 Å². The molecule has 0 radical (unpaired) electrons. The number of carbonyl (C=O) groups is 3. The van der Waals surface area contributed by atoms with Gasteiger partial charge in [0.05, 0.1) is 29.2 Å². The van der Waals surface area contributed by atoms with Gasteiger partial charge in [0.2, 0.25) is 11.8 Å². The van der Waals surface area contributed by atoms with Gasteiger partial charge in [-0.1, -0.05) is 6.07 Å². The maximum Gasteiger partial charge on any atom is 0.336 e. The molecule has 0 aromatic heterocycles. The number of nitrogens with one attached hydrogen (secondary N) is 2. The van der Waals surface area contributed by atoms with Gasteiger partial charge in [0.25, 0.3) is 5.69 Å². The van der Waals surface area contributed by atoms with Crippen LogP contribution in [0.15, 0.2) is 29.5 Å². The van der Waals surface area contributed by atoms with Gasteiger partial charge < -0.3 is 15.4 Å². The molecule has 0 bridgehead atoms. The molecule has 0 spiro atoms. The zero-order chi connectivity index (χ0) is 18.7. The van der Waals surface area contributed by atoms with E-state index in [-0.39, 0.29) is 29.1 Å². The van der Waals surface area contributed by atoms with Gasteiger partial charge in [-0.2, -0.15) is 0 Å². The molecule has 9 nitrogen and oxygen atoms in total. The van der Waals surface area contributed by atoms with Crippen molar-refractivity contribution in [3.63, 3.8) is 0 Å². The Kier molecular flexibility index (Phi) is 5.16. The Morgan fingerprint density at radius 3 is 2.64 bits per heavy atom. The molecule has 1 aliphatic heterocycles. The van der Waals surface area contributed by atoms with Crippen LogP contribution in [0.2, 0.25) is 0 Å². The smallest absolute Gasteiger partial charge is 0.336 e. The normalized spacial score (nSPS) is 16.9. The number of hydrogen-bond acceptors (Lipinski definition) is 6. The Morgan fingerprint density at radius 2 is 2.04 bits per heavy atom. The number of hydrogen-bond donors (Lipinski definition) is 2. The lowest BCUT2D eigenvalue weighted by atomic mass is 9.89. The number of non-ortho nitro benzene ring substituents is 1. The van der Waals surface area contributed by atoms with E-state index in [0.29, 0.717) is 5.56 Å². The third kappa shape index (κ3) is 3.82.